The number of rotatable bonds is 3. The quantitative estimate of drug-likeness (QED) is 0.639. The monoisotopic (exact) mass is 204 g/mol. The van der Waals surface area contributed by atoms with Gasteiger partial charge in [-0.1, -0.05) is 0 Å². The van der Waals surface area contributed by atoms with Crippen LogP contribution in [-0.2, 0) is 4.79 Å². The molecule has 0 saturated carbocycles. The molecule has 0 radical (unpaired) electrons. The summed E-state index contributed by atoms with van der Waals surface area (Å²) in [7, 11) is 0. The van der Waals surface area contributed by atoms with Crippen LogP contribution in [0.3, 0.4) is 0 Å². The molecule has 2 aromatic rings. The zero-order chi connectivity index (χ0) is 10.7. The number of H-pyrrole nitrogens is 2. The third kappa shape index (κ3) is 1.93. The van der Waals surface area contributed by atoms with E-state index < -0.39 is 5.97 Å². The normalized spacial score (nSPS) is 9.87. The van der Waals surface area contributed by atoms with Gasteiger partial charge in [-0.05, 0) is 0 Å². The van der Waals surface area contributed by atoms with Gasteiger partial charge in [-0.15, -0.1) is 0 Å². The molecule has 0 aliphatic heterocycles. The summed E-state index contributed by atoms with van der Waals surface area (Å²) in [6, 6.07) is 0. The summed E-state index contributed by atoms with van der Waals surface area (Å²) in [5.41, 5.74) is 1.76. The van der Waals surface area contributed by atoms with Gasteiger partial charge in [0.25, 0.3) is 0 Å². The van der Waals surface area contributed by atoms with Gasteiger partial charge in [0.2, 0.25) is 0 Å². The van der Waals surface area contributed by atoms with E-state index in [1.54, 1.807) is 12.4 Å². The number of hydrogen-bond donors (Lipinski definition) is 3. The lowest BCUT2D eigenvalue weighted by atomic mass is 10.1. The van der Waals surface area contributed by atoms with Crippen molar-refractivity contribution in [1.29, 1.82) is 0 Å². The molecule has 0 atom stereocenters. The van der Waals surface area contributed by atoms with E-state index in [2.05, 4.69) is 19.9 Å². The van der Waals surface area contributed by atoms with Crippen molar-refractivity contribution in [3.05, 3.63) is 42.5 Å². The molecule has 6 nitrogen and oxygen atoms in total. The van der Waals surface area contributed by atoms with E-state index in [0.29, 0.717) is 17.0 Å². The molecule has 0 aliphatic carbocycles. The Morgan fingerprint density at radius 1 is 1.20 bits per heavy atom. The number of aromatic nitrogens is 4. The fourth-order valence-corrected chi connectivity index (χ4v) is 1.23. The lowest BCUT2D eigenvalue weighted by Crippen LogP contribution is -1.95. The van der Waals surface area contributed by atoms with Crippen LogP contribution in [-0.4, -0.2) is 31.0 Å². The lowest BCUT2D eigenvalue weighted by Gasteiger charge is -1.99. The van der Waals surface area contributed by atoms with Crippen LogP contribution in [0.2, 0.25) is 0 Å². The van der Waals surface area contributed by atoms with E-state index in [4.69, 9.17) is 5.11 Å². The fourth-order valence-electron chi connectivity index (χ4n) is 1.23. The van der Waals surface area contributed by atoms with Gasteiger partial charge in [0, 0.05) is 11.6 Å². The maximum atomic E-state index is 10.7. The summed E-state index contributed by atoms with van der Waals surface area (Å²) in [6.45, 7) is 0. The Balaban J connectivity index is 2.47. The SMILES string of the molecule is O=C(O)C=C(c1cnc[nH]1)c1cnc[nH]1. The average molecular weight is 204 g/mol. The highest BCUT2D eigenvalue weighted by Gasteiger charge is 2.09. The van der Waals surface area contributed by atoms with Crippen molar-refractivity contribution >= 4 is 11.5 Å². The molecule has 0 aromatic carbocycles. The molecule has 2 heterocycles. The highest BCUT2D eigenvalue weighted by atomic mass is 16.4. The Morgan fingerprint density at radius 3 is 2.07 bits per heavy atom. The largest absolute Gasteiger partial charge is 0.478 e. The molecule has 0 bridgehead atoms. The molecule has 15 heavy (non-hydrogen) atoms. The minimum Gasteiger partial charge on any atom is -0.478 e. The Bertz CT molecular complexity index is 434. The summed E-state index contributed by atoms with van der Waals surface area (Å²) in [6.07, 6.45) is 7.18. The maximum absolute atomic E-state index is 10.7. The van der Waals surface area contributed by atoms with Crippen LogP contribution in [0.15, 0.2) is 31.1 Å². The Labute approximate surface area is 84.7 Å². The second-order valence-electron chi connectivity index (χ2n) is 2.83. The molecule has 2 rings (SSSR count). The topological polar surface area (TPSA) is 94.7 Å². The predicted molar refractivity (Wildman–Crippen MR) is 51.9 cm³/mol. The zero-order valence-corrected chi connectivity index (χ0v) is 7.64. The second kappa shape index (κ2) is 3.79. The summed E-state index contributed by atoms with van der Waals surface area (Å²) in [5.74, 6) is -1.02. The third-order valence-electron chi connectivity index (χ3n) is 1.84. The summed E-state index contributed by atoms with van der Waals surface area (Å²) in [4.78, 5) is 24.0. The van der Waals surface area contributed by atoms with Crippen molar-refractivity contribution in [1.82, 2.24) is 19.9 Å². The van der Waals surface area contributed by atoms with Gasteiger partial charge >= 0.3 is 5.97 Å². The van der Waals surface area contributed by atoms with Gasteiger partial charge in [-0.25, -0.2) is 14.8 Å². The molecule has 0 fully saturated rings. The first-order valence-electron chi connectivity index (χ1n) is 4.19. The van der Waals surface area contributed by atoms with E-state index >= 15 is 0 Å². The molecule has 0 amide bonds. The van der Waals surface area contributed by atoms with Crippen molar-refractivity contribution in [3.8, 4) is 0 Å². The van der Waals surface area contributed by atoms with Crippen LogP contribution < -0.4 is 0 Å². The fraction of sp³-hybridized carbons (Fsp3) is 0. The van der Waals surface area contributed by atoms with Gasteiger partial charge in [-0.2, -0.15) is 0 Å². The molecular weight excluding hydrogens is 196 g/mol. The molecule has 6 heteroatoms. The number of carboxylic acids is 1. The third-order valence-corrected chi connectivity index (χ3v) is 1.84. The van der Waals surface area contributed by atoms with Crippen LogP contribution in [0.25, 0.3) is 5.57 Å². The van der Waals surface area contributed by atoms with Crippen molar-refractivity contribution in [2.24, 2.45) is 0 Å². The molecule has 76 valence electrons. The Kier molecular flexibility index (Phi) is 2.32. The Morgan fingerprint density at radius 2 is 1.73 bits per heavy atom. The number of imidazole rings is 2. The minimum absolute atomic E-state index is 0.512. The number of nitrogens with zero attached hydrogens (tertiary/aromatic N) is 2. The number of carbonyl (C=O) groups is 1. The average Bonchev–Trinajstić information content (AvgIpc) is 2.87. The van der Waals surface area contributed by atoms with Crippen LogP contribution >= 0.6 is 0 Å². The van der Waals surface area contributed by atoms with E-state index in [1.807, 2.05) is 0 Å². The first-order chi connectivity index (χ1) is 7.27. The Hall–Kier alpha value is -2.37. The van der Waals surface area contributed by atoms with Gasteiger partial charge in [0.15, 0.2) is 0 Å². The van der Waals surface area contributed by atoms with Gasteiger partial charge < -0.3 is 15.1 Å². The summed E-state index contributed by atoms with van der Waals surface area (Å²) < 4.78 is 0. The minimum atomic E-state index is -1.02. The van der Waals surface area contributed by atoms with Gasteiger partial charge in [-0.3, -0.25) is 0 Å². The molecule has 0 spiro atoms. The molecule has 3 N–H and O–H groups in total. The molecule has 0 saturated heterocycles. The van der Waals surface area contributed by atoms with E-state index in [0.717, 1.165) is 6.08 Å². The van der Waals surface area contributed by atoms with Crippen molar-refractivity contribution in [2.75, 3.05) is 0 Å². The highest BCUT2D eigenvalue weighted by molar-refractivity contribution is 5.93. The standard InChI is InChI=1S/C9H8N4O2/c14-9(15)1-6(7-2-10-4-12-7)8-3-11-5-13-8/h1-5H,(H,10,12)(H,11,13)(H,14,15). The highest BCUT2D eigenvalue weighted by Crippen LogP contribution is 2.18. The van der Waals surface area contributed by atoms with Crippen LogP contribution in [0.4, 0.5) is 0 Å². The van der Waals surface area contributed by atoms with E-state index in [1.165, 1.54) is 12.7 Å². The first kappa shape index (κ1) is 9.20. The summed E-state index contributed by atoms with van der Waals surface area (Å²) >= 11 is 0. The number of aliphatic carboxylic acids is 1. The zero-order valence-electron chi connectivity index (χ0n) is 7.64. The first-order valence-corrected chi connectivity index (χ1v) is 4.19. The van der Waals surface area contributed by atoms with Crippen LogP contribution in [0.5, 0.6) is 0 Å². The lowest BCUT2D eigenvalue weighted by molar-refractivity contribution is -0.131. The molecule has 2 aromatic heterocycles. The van der Waals surface area contributed by atoms with Gasteiger partial charge in [0.05, 0.1) is 36.4 Å². The molecular formula is C9H8N4O2. The van der Waals surface area contributed by atoms with Crippen molar-refractivity contribution in [2.45, 2.75) is 0 Å². The van der Waals surface area contributed by atoms with E-state index in [9.17, 15) is 4.79 Å². The van der Waals surface area contributed by atoms with Crippen LogP contribution in [0.1, 0.15) is 11.4 Å². The maximum Gasteiger partial charge on any atom is 0.329 e. The second-order valence-corrected chi connectivity index (χ2v) is 2.83. The molecule has 0 aliphatic rings. The number of nitrogens with one attached hydrogen (secondary N) is 2. The predicted octanol–water partition coefficient (Wildman–Crippen LogP) is 0.649. The van der Waals surface area contributed by atoms with Crippen LogP contribution in [0, 0.1) is 0 Å². The van der Waals surface area contributed by atoms with Crippen molar-refractivity contribution in [3.63, 3.8) is 0 Å². The number of hydrogen-bond acceptors (Lipinski definition) is 3. The smallest absolute Gasteiger partial charge is 0.329 e. The van der Waals surface area contributed by atoms with E-state index in [-0.39, 0.29) is 0 Å². The summed E-state index contributed by atoms with van der Waals surface area (Å²) in [5, 5.41) is 8.74. The number of aromatic amines is 2. The molecule has 0 unspecified atom stereocenters. The number of carboxylic acid groups (broad SMARTS) is 1. The van der Waals surface area contributed by atoms with Crippen molar-refractivity contribution < 1.29 is 9.90 Å². The van der Waals surface area contributed by atoms with Gasteiger partial charge in [0.1, 0.15) is 0 Å².